The Bertz CT molecular complexity index is 829. The first-order valence-electron chi connectivity index (χ1n) is 13.8. The highest BCUT2D eigenvalue weighted by molar-refractivity contribution is 5.36. The number of hydrogen-bond donors (Lipinski definition) is 2. The maximum Gasteiger partial charge on any atom is 0.0716 e. The average molecular weight is 443 g/mol. The second-order valence-corrected chi connectivity index (χ2v) is 14.7. The van der Waals surface area contributed by atoms with Crippen molar-refractivity contribution in [2.75, 3.05) is 0 Å². The smallest absolute Gasteiger partial charge is 0.0716 e. The van der Waals surface area contributed by atoms with Crippen LogP contribution in [0.5, 0.6) is 0 Å². The summed E-state index contributed by atoms with van der Waals surface area (Å²) in [4.78, 5) is 0. The van der Waals surface area contributed by atoms with E-state index < -0.39 is 5.60 Å². The summed E-state index contributed by atoms with van der Waals surface area (Å²) in [6.07, 6.45) is 12.4. The molecule has 4 saturated carbocycles. The fourth-order valence-electron chi connectivity index (χ4n) is 10.9. The van der Waals surface area contributed by atoms with Crippen LogP contribution < -0.4 is 0 Å². The summed E-state index contributed by atoms with van der Waals surface area (Å²) in [6, 6.07) is 0. The van der Waals surface area contributed by atoms with Crippen molar-refractivity contribution < 1.29 is 10.2 Å². The van der Waals surface area contributed by atoms with E-state index in [0.717, 1.165) is 38.5 Å². The lowest BCUT2D eigenvalue weighted by atomic mass is 9.29. The third-order valence-electron chi connectivity index (χ3n) is 13.9. The van der Waals surface area contributed by atoms with Gasteiger partial charge in [-0.2, -0.15) is 0 Å². The zero-order valence-electron chi connectivity index (χ0n) is 22.2. The number of aliphatic hydroxyl groups is 2. The van der Waals surface area contributed by atoms with Gasteiger partial charge in [0.15, 0.2) is 0 Å². The van der Waals surface area contributed by atoms with Gasteiger partial charge in [-0.1, -0.05) is 67.0 Å². The van der Waals surface area contributed by atoms with Gasteiger partial charge in [-0.3, -0.25) is 0 Å². The maximum atomic E-state index is 11.8. The van der Waals surface area contributed by atoms with Crippen LogP contribution in [0.25, 0.3) is 0 Å². The van der Waals surface area contributed by atoms with E-state index in [1.54, 1.807) is 5.57 Å². The summed E-state index contributed by atoms with van der Waals surface area (Å²) in [5.41, 5.74) is 1.99. The van der Waals surface area contributed by atoms with Gasteiger partial charge in [0.2, 0.25) is 0 Å². The Kier molecular flexibility index (Phi) is 4.87. The zero-order valence-corrected chi connectivity index (χ0v) is 22.2. The van der Waals surface area contributed by atoms with Gasteiger partial charge in [0, 0.05) is 5.92 Å². The Morgan fingerprint density at radius 2 is 1.50 bits per heavy atom. The molecule has 0 bridgehead atoms. The molecule has 10 atom stereocenters. The molecule has 5 aliphatic rings. The Morgan fingerprint density at radius 1 is 0.812 bits per heavy atom. The lowest BCUT2D eigenvalue weighted by Crippen LogP contribution is -2.69. The third-order valence-corrected chi connectivity index (χ3v) is 13.9. The SMILES string of the molecule is C[C@H]1[C@H](C)CC[C@]2(O)CC[C@]3(C)C(=CC[C@@]4(C)[C@@]3(C)CC[C@H]3C(C)(C)[C@@H](O)CC[C@@]34C)[C@H]12. The van der Waals surface area contributed by atoms with Crippen LogP contribution in [0.1, 0.15) is 113 Å². The van der Waals surface area contributed by atoms with Crippen molar-refractivity contribution in [3.8, 4) is 0 Å². The van der Waals surface area contributed by atoms with Gasteiger partial charge in [0.1, 0.15) is 0 Å². The molecule has 0 amide bonds. The van der Waals surface area contributed by atoms with Gasteiger partial charge in [0.05, 0.1) is 11.7 Å². The fourth-order valence-corrected chi connectivity index (χ4v) is 10.9. The van der Waals surface area contributed by atoms with Crippen molar-refractivity contribution in [2.24, 2.45) is 50.7 Å². The van der Waals surface area contributed by atoms with Gasteiger partial charge < -0.3 is 10.2 Å². The summed E-state index contributed by atoms with van der Waals surface area (Å²) in [5, 5.41) is 22.8. The van der Waals surface area contributed by atoms with E-state index in [-0.39, 0.29) is 33.2 Å². The largest absolute Gasteiger partial charge is 0.393 e. The summed E-state index contributed by atoms with van der Waals surface area (Å²) in [6.45, 7) is 20.0. The Balaban J connectivity index is 1.64. The first-order chi connectivity index (χ1) is 14.7. The molecule has 0 aromatic rings. The lowest BCUT2D eigenvalue weighted by Gasteiger charge is -2.75. The molecule has 4 fully saturated rings. The molecule has 0 aromatic heterocycles. The van der Waals surface area contributed by atoms with E-state index in [4.69, 9.17) is 0 Å². The first-order valence-corrected chi connectivity index (χ1v) is 13.8. The molecule has 0 unspecified atom stereocenters. The molecule has 0 aliphatic heterocycles. The van der Waals surface area contributed by atoms with E-state index in [1.165, 1.54) is 19.3 Å². The molecule has 0 heterocycles. The van der Waals surface area contributed by atoms with Gasteiger partial charge in [0.25, 0.3) is 0 Å². The summed E-state index contributed by atoms with van der Waals surface area (Å²) >= 11 is 0. The van der Waals surface area contributed by atoms with Gasteiger partial charge in [-0.15, -0.1) is 0 Å². The number of rotatable bonds is 0. The van der Waals surface area contributed by atoms with E-state index in [9.17, 15) is 10.2 Å². The molecule has 2 heteroatoms. The molecule has 2 nitrogen and oxygen atoms in total. The standard InChI is InChI=1S/C30H50O2/c1-19-9-16-30(32)18-17-26(5)21(24(30)20(19)2)10-14-29(8)27(6)13-12-23(31)25(3,4)22(27)11-15-28(26,29)7/h10,19-20,22-24,31-32H,9,11-18H2,1-8H3/t19-,20+,22+,23+,24+,26-,27+,28+,29-,30+/m1/s1. The van der Waals surface area contributed by atoms with Crippen LogP contribution >= 0.6 is 0 Å². The van der Waals surface area contributed by atoms with Crippen LogP contribution in [-0.2, 0) is 0 Å². The van der Waals surface area contributed by atoms with Crippen molar-refractivity contribution in [2.45, 2.75) is 125 Å². The van der Waals surface area contributed by atoms with Crippen LogP contribution in [0.15, 0.2) is 11.6 Å². The minimum Gasteiger partial charge on any atom is -0.393 e. The minimum atomic E-state index is -0.487. The van der Waals surface area contributed by atoms with Gasteiger partial charge in [-0.05, 0) is 103 Å². The lowest BCUT2D eigenvalue weighted by molar-refractivity contribution is -0.253. The molecule has 182 valence electrons. The third kappa shape index (κ3) is 2.45. The number of fused-ring (bicyclic) bond motifs is 7. The predicted octanol–water partition coefficient (Wildman–Crippen LogP) is 7.14. The highest BCUT2D eigenvalue weighted by atomic mass is 16.3. The van der Waals surface area contributed by atoms with Crippen molar-refractivity contribution in [1.29, 1.82) is 0 Å². The summed E-state index contributed by atoms with van der Waals surface area (Å²) < 4.78 is 0. The summed E-state index contributed by atoms with van der Waals surface area (Å²) in [7, 11) is 0. The number of aliphatic hydroxyl groups excluding tert-OH is 1. The van der Waals surface area contributed by atoms with Crippen LogP contribution in [0.2, 0.25) is 0 Å². The van der Waals surface area contributed by atoms with E-state index in [0.29, 0.717) is 23.7 Å². The predicted molar refractivity (Wildman–Crippen MR) is 132 cm³/mol. The molecule has 0 radical (unpaired) electrons. The van der Waals surface area contributed by atoms with Gasteiger partial charge in [-0.25, -0.2) is 0 Å². The zero-order chi connectivity index (χ0) is 23.5. The molecule has 5 rings (SSSR count). The molecule has 0 saturated heterocycles. The van der Waals surface area contributed by atoms with Crippen LogP contribution in [0.4, 0.5) is 0 Å². The average Bonchev–Trinajstić information content (AvgIpc) is 2.72. The second-order valence-electron chi connectivity index (χ2n) is 14.7. The topological polar surface area (TPSA) is 40.5 Å². The first kappa shape index (κ1) is 23.4. The van der Waals surface area contributed by atoms with Crippen molar-refractivity contribution in [3.05, 3.63) is 11.6 Å². The second kappa shape index (κ2) is 6.66. The van der Waals surface area contributed by atoms with Crippen LogP contribution in [0.3, 0.4) is 0 Å². The molecule has 2 N–H and O–H groups in total. The van der Waals surface area contributed by atoms with E-state index in [1.807, 2.05) is 0 Å². The normalized spacial score (nSPS) is 59.2. The quantitative estimate of drug-likeness (QED) is 0.391. The Labute approximate surface area is 197 Å². The van der Waals surface area contributed by atoms with Crippen LogP contribution in [-0.4, -0.2) is 21.9 Å². The van der Waals surface area contributed by atoms with Crippen LogP contribution in [0, 0.1) is 50.7 Å². The number of allylic oxidation sites excluding steroid dienone is 1. The highest BCUT2D eigenvalue weighted by Gasteiger charge is 2.72. The van der Waals surface area contributed by atoms with E-state index >= 15 is 0 Å². The molecular formula is C30H50O2. The molecule has 5 aliphatic carbocycles. The molecule has 0 spiro atoms. The van der Waals surface area contributed by atoms with Crippen molar-refractivity contribution >= 4 is 0 Å². The van der Waals surface area contributed by atoms with Crippen molar-refractivity contribution in [3.63, 3.8) is 0 Å². The Hall–Kier alpha value is -0.340. The molecular weight excluding hydrogens is 392 g/mol. The fraction of sp³-hybridized carbons (Fsp3) is 0.933. The minimum absolute atomic E-state index is 0.0115. The number of hydrogen-bond acceptors (Lipinski definition) is 2. The monoisotopic (exact) mass is 442 g/mol. The Morgan fingerprint density at radius 3 is 2.19 bits per heavy atom. The van der Waals surface area contributed by atoms with Crippen molar-refractivity contribution in [1.82, 2.24) is 0 Å². The van der Waals surface area contributed by atoms with E-state index in [2.05, 4.69) is 61.5 Å². The molecule has 32 heavy (non-hydrogen) atoms. The van der Waals surface area contributed by atoms with Gasteiger partial charge >= 0.3 is 0 Å². The molecule has 0 aromatic carbocycles. The maximum absolute atomic E-state index is 11.8. The highest BCUT2D eigenvalue weighted by Crippen LogP contribution is 2.79. The summed E-state index contributed by atoms with van der Waals surface area (Å²) in [5.74, 6) is 2.16.